The van der Waals surface area contributed by atoms with Crippen LogP contribution in [-0.4, -0.2) is 41.9 Å². The summed E-state index contributed by atoms with van der Waals surface area (Å²) in [6.07, 6.45) is 17.5. The third kappa shape index (κ3) is 4.72. The second kappa shape index (κ2) is 8.73. The van der Waals surface area contributed by atoms with E-state index in [2.05, 4.69) is 10.6 Å². The van der Waals surface area contributed by atoms with Crippen molar-refractivity contribution in [2.24, 2.45) is 17.8 Å². The van der Waals surface area contributed by atoms with Gasteiger partial charge in [0.2, 0.25) is 0 Å². The summed E-state index contributed by atoms with van der Waals surface area (Å²) in [6.45, 7) is 1.19. The smallest absolute Gasteiger partial charge is 0.254 e. The Morgan fingerprint density at radius 1 is 1.04 bits per heavy atom. The molecule has 0 aromatic rings. The number of likely N-dealkylation sites (N-methyl/N-ethyl adjacent to an activating group) is 1. The van der Waals surface area contributed by atoms with E-state index in [1.807, 2.05) is 0 Å². The molecule has 3 aliphatic carbocycles. The average Bonchev–Trinajstić information content (AvgIpc) is 3.52. The Kier molecular flexibility index (Phi) is 6.29. The molecule has 5 heteroatoms. The van der Waals surface area contributed by atoms with E-state index in [4.69, 9.17) is 5.41 Å². The highest BCUT2D eigenvalue weighted by atomic mass is 16.2. The van der Waals surface area contributed by atoms with Crippen LogP contribution in [0.15, 0.2) is 0 Å². The van der Waals surface area contributed by atoms with Crippen molar-refractivity contribution in [3.63, 3.8) is 0 Å². The predicted octanol–water partition coefficient (Wildman–Crippen LogP) is 4.03. The summed E-state index contributed by atoms with van der Waals surface area (Å²) in [5.41, 5.74) is -0.521. The van der Waals surface area contributed by atoms with Gasteiger partial charge in [0.1, 0.15) is 5.54 Å². The minimum absolute atomic E-state index is 0.140. The van der Waals surface area contributed by atoms with Crippen molar-refractivity contribution in [2.45, 2.75) is 101 Å². The van der Waals surface area contributed by atoms with Crippen LogP contribution in [0.25, 0.3) is 0 Å². The van der Waals surface area contributed by atoms with Crippen LogP contribution in [0.3, 0.4) is 0 Å². The molecule has 28 heavy (non-hydrogen) atoms. The van der Waals surface area contributed by atoms with E-state index in [1.54, 1.807) is 11.9 Å². The maximum absolute atomic E-state index is 13.2. The zero-order valence-electron chi connectivity index (χ0n) is 17.8. The van der Waals surface area contributed by atoms with E-state index in [9.17, 15) is 4.79 Å². The number of carbonyl (C=O) groups excluding carboxylic acids is 1. The minimum Gasteiger partial charge on any atom is -0.342 e. The first-order chi connectivity index (χ1) is 13.6. The molecule has 4 rings (SSSR count). The third-order valence-corrected chi connectivity index (χ3v) is 7.92. The summed E-state index contributed by atoms with van der Waals surface area (Å²) in [6, 6.07) is 0.628. The van der Waals surface area contributed by atoms with Crippen LogP contribution < -0.4 is 10.6 Å². The summed E-state index contributed by atoms with van der Waals surface area (Å²) in [5, 5.41) is 15.4. The van der Waals surface area contributed by atoms with Crippen LogP contribution in [-0.2, 0) is 4.79 Å². The molecule has 3 atom stereocenters. The molecule has 0 radical (unpaired) electrons. The van der Waals surface area contributed by atoms with E-state index < -0.39 is 5.54 Å². The Hall–Kier alpha value is -1.10. The Bertz CT molecular complexity index is 569. The number of guanidine groups is 1. The predicted molar refractivity (Wildman–Crippen MR) is 113 cm³/mol. The quantitative estimate of drug-likeness (QED) is 0.588. The van der Waals surface area contributed by atoms with Crippen molar-refractivity contribution in [3.05, 3.63) is 0 Å². The van der Waals surface area contributed by atoms with Gasteiger partial charge < -0.3 is 10.6 Å². The number of nitrogens with zero attached hydrogens (tertiary/aromatic N) is 1. The summed E-state index contributed by atoms with van der Waals surface area (Å²) in [4.78, 5) is 14.7. The fourth-order valence-electron chi connectivity index (χ4n) is 5.93. The second-order valence-electron chi connectivity index (χ2n) is 10.2. The first kappa shape index (κ1) is 20.2. The zero-order valence-corrected chi connectivity index (χ0v) is 17.8. The zero-order chi connectivity index (χ0) is 19.6. The number of nitrogens with one attached hydrogen (secondary N) is 3. The van der Waals surface area contributed by atoms with Gasteiger partial charge in [-0.25, -0.2) is 0 Å². The van der Waals surface area contributed by atoms with Gasteiger partial charge >= 0.3 is 0 Å². The molecule has 0 aromatic heterocycles. The van der Waals surface area contributed by atoms with Crippen LogP contribution in [0.1, 0.15) is 89.9 Å². The summed E-state index contributed by atoms with van der Waals surface area (Å²) in [7, 11) is 1.76. The minimum atomic E-state index is -0.521. The lowest BCUT2D eigenvalue weighted by Crippen LogP contribution is -2.50. The molecule has 4 fully saturated rings. The van der Waals surface area contributed by atoms with Gasteiger partial charge in [-0.1, -0.05) is 44.9 Å². The molecule has 158 valence electrons. The fraction of sp³-hybridized carbons (Fsp3) is 0.913. The lowest BCUT2D eigenvalue weighted by Gasteiger charge is -2.37. The summed E-state index contributed by atoms with van der Waals surface area (Å²) < 4.78 is 0. The van der Waals surface area contributed by atoms with Gasteiger partial charge in [0, 0.05) is 13.1 Å². The third-order valence-electron chi connectivity index (χ3n) is 7.92. The number of hydrogen-bond donors (Lipinski definition) is 3. The Balaban J connectivity index is 1.38. The van der Waals surface area contributed by atoms with Gasteiger partial charge in [0.05, 0.1) is 0 Å². The molecule has 1 amide bonds. The molecule has 3 N–H and O–H groups in total. The van der Waals surface area contributed by atoms with E-state index >= 15 is 0 Å². The van der Waals surface area contributed by atoms with Gasteiger partial charge in [-0.3, -0.25) is 15.1 Å². The van der Waals surface area contributed by atoms with Crippen LogP contribution >= 0.6 is 0 Å². The van der Waals surface area contributed by atoms with Crippen LogP contribution in [0.4, 0.5) is 0 Å². The van der Waals surface area contributed by atoms with E-state index in [1.165, 1.54) is 77.2 Å². The molecule has 0 bridgehead atoms. The molecule has 1 aliphatic heterocycles. The van der Waals surface area contributed by atoms with E-state index in [-0.39, 0.29) is 5.91 Å². The molecule has 0 unspecified atom stereocenters. The Morgan fingerprint density at radius 2 is 1.79 bits per heavy atom. The molecule has 5 nitrogen and oxygen atoms in total. The van der Waals surface area contributed by atoms with Gasteiger partial charge in [0.25, 0.3) is 5.91 Å². The van der Waals surface area contributed by atoms with Gasteiger partial charge in [-0.2, -0.15) is 0 Å². The number of carbonyl (C=O) groups is 1. The molecular weight excluding hydrogens is 348 g/mol. The highest BCUT2D eigenvalue weighted by Gasteiger charge is 2.49. The van der Waals surface area contributed by atoms with Crippen LogP contribution in [0, 0.1) is 23.2 Å². The lowest BCUT2D eigenvalue weighted by atomic mass is 9.74. The van der Waals surface area contributed by atoms with Crippen molar-refractivity contribution >= 4 is 11.9 Å². The van der Waals surface area contributed by atoms with Crippen molar-refractivity contribution < 1.29 is 4.79 Å². The van der Waals surface area contributed by atoms with Crippen LogP contribution in [0.2, 0.25) is 0 Å². The van der Waals surface area contributed by atoms with Crippen LogP contribution in [0.5, 0.6) is 0 Å². The lowest BCUT2D eigenvalue weighted by molar-refractivity contribution is -0.131. The molecule has 3 saturated carbocycles. The van der Waals surface area contributed by atoms with E-state index in [0.717, 1.165) is 31.1 Å². The van der Waals surface area contributed by atoms with Gasteiger partial charge in [-0.05, 0) is 69.2 Å². The van der Waals surface area contributed by atoms with Crippen molar-refractivity contribution in [3.8, 4) is 0 Å². The molecule has 1 saturated heterocycles. The average molecular weight is 389 g/mol. The maximum Gasteiger partial charge on any atom is 0.254 e. The first-order valence-electron chi connectivity index (χ1n) is 11.9. The highest BCUT2D eigenvalue weighted by molar-refractivity contribution is 6.07. The molecule has 0 aromatic carbocycles. The first-order valence-corrected chi connectivity index (χ1v) is 11.9. The number of hydrogen-bond acceptors (Lipinski definition) is 3. The highest BCUT2D eigenvalue weighted by Crippen LogP contribution is 2.38. The van der Waals surface area contributed by atoms with Crippen molar-refractivity contribution in [1.82, 2.24) is 15.5 Å². The fourth-order valence-corrected chi connectivity index (χ4v) is 5.93. The largest absolute Gasteiger partial charge is 0.342 e. The SMILES string of the molecule is CN1C(=N)N[C@](CCC2CCCCC2)(C[C@@H]2CCC[C@H](NCC3CC3)C2)C1=O. The number of amides is 1. The van der Waals surface area contributed by atoms with E-state index in [0.29, 0.717) is 17.9 Å². The molecular formula is C23H40N4O. The molecule has 0 spiro atoms. The monoisotopic (exact) mass is 388 g/mol. The summed E-state index contributed by atoms with van der Waals surface area (Å²) in [5.74, 6) is 2.73. The molecule has 1 heterocycles. The second-order valence-corrected chi connectivity index (χ2v) is 10.2. The normalized spacial score (nSPS) is 34.7. The van der Waals surface area contributed by atoms with Gasteiger partial charge in [0.15, 0.2) is 5.96 Å². The Morgan fingerprint density at radius 3 is 2.46 bits per heavy atom. The van der Waals surface area contributed by atoms with Crippen molar-refractivity contribution in [2.75, 3.05) is 13.6 Å². The summed E-state index contributed by atoms with van der Waals surface area (Å²) >= 11 is 0. The van der Waals surface area contributed by atoms with Gasteiger partial charge in [-0.15, -0.1) is 0 Å². The molecule has 4 aliphatic rings. The maximum atomic E-state index is 13.2. The standard InChI is InChI=1S/C23H40N4O/c1-27-21(28)23(26-22(27)24,13-12-17-6-3-2-4-7-17)15-19-8-5-9-20(14-19)25-16-18-10-11-18/h17-20,25H,2-16H2,1H3,(H2,24,26)/t19-,20+,23-/m1/s1. The number of rotatable bonds is 8. The van der Waals surface area contributed by atoms with Crippen molar-refractivity contribution in [1.29, 1.82) is 5.41 Å². The Labute approximate surface area is 170 Å². The topological polar surface area (TPSA) is 68.2 Å².